The van der Waals surface area contributed by atoms with Crippen LogP contribution < -0.4 is 0 Å². The lowest BCUT2D eigenvalue weighted by Crippen LogP contribution is -2.39. The van der Waals surface area contributed by atoms with Crippen molar-refractivity contribution in [2.75, 3.05) is 11.9 Å². The summed E-state index contributed by atoms with van der Waals surface area (Å²) < 4.78 is 5.40. The first-order valence-electron chi connectivity index (χ1n) is 6.98. The van der Waals surface area contributed by atoms with E-state index in [4.69, 9.17) is 4.74 Å². The molecule has 0 heterocycles. The fourth-order valence-electron chi connectivity index (χ4n) is 2.36. The summed E-state index contributed by atoms with van der Waals surface area (Å²) in [5.74, 6) is 0.0797. The van der Waals surface area contributed by atoms with Crippen LogP contribution in [0.15, 0.2) is 0 Å². The first-order valence-corrected chi connectivity index (χ1v) is 8.10. The van der Waals surface area contributed by atoms with Crippen molar-refractivity contribution >= 4 is 21.9 Å². The molecule has 0 saturated heterocycles. The number of hydrogen-bond acceptors (Lipinski definition) is 2. The highest BCUT2D eigenvalue weighted by molar-refractivity contribution is 9.09. The Morgan fingerprint density at radius 3 is 2.53 bits per heavy atom. The van der Waals surface area contributed by atoms with Gasteiger partial charge in [-0.15, -0.1) is 0 Å². The first kappa shape index (κ1) is 15.0. The molecule has 1 fully saturated rings. The van der Waals surface area contributed by atoms with E-state index in [1.165, 1.54) is 19.3 Å². The molecule has 1 aliphatic rings. The van der Waals surface area contributed by atoms with E-state index in [1.807, 2.05) is 0 Å². The van der Waals surface area contributed by atoms with Crippen molar-refractivity contribution in [1.29, 1.82) is 0 Å². The van der Waals surface area contributed by atoms with Gasteiger partial charge in [0.1, 0.15) is 0 Å². The molecule has 0 bridgehead atoms. The SMILES string of the molecule is CCCCOC(=O)C1(CCCCCBr)CCC1. The largest absolute Gasteiger partial charge is 0.465 e. The van der Waals surface area contributed by atoms with E-state index in [2.05, 4.69) is 22.9 Å². The molecule has 1 saturated carbocycles. The Labute approximate surface area is 114 Å². The van der Waals surface area contributed by atoms with E-state index < -0.39 is 0 Å². The predicted octanol–water partition coefficient (Wildman–Crippen LogP) is 4.46. The quantitative estimate of drug-likeness (QED) is 0.357. The number of alkyl halides is 1. The summed E-state index contributed by atoms with van der Waals surface area (Å²) >= 11 is 3.44. The van der Waals surface area contributed by atoms with Crippen molar-refractivity contribution in [2.45, 2.75) is 64.7 Å². The third-order valence-electron chi connectivity index (χ3n) is 3.76. The van der Waals surface area contributed by atoms with Crippen molar-refractivity contribution in [2.24, 2.45) is 5.41 Å². The molecule has 0 aromatic heterocycles. The number of hydrogen-bond donors (Lipinski definition) is 0. The van der Waals surface area contributed by atoms with Gasteiger partial charge in [-0.2, -0.15) is 0 Å². The van der Waals surface area contributed by atoms with Crippen LogP contribution in [0.5, 0.6) is 0 Å². The molecular formula is C14H25BrO2. The smallest absolute Gasteiger partial charge is 0.312 e. The van der Waals surface area contributed by atoms with Crippen LogP contribution in [0.4, 0.5) is 0 Å². The number of carbonyl (C=O) groups excluding carboxylic acids is 1. The lowest BCUT2D eigenvalue weighted by molar-refractivity contribution is -0.162. The molecule has 0 unspecified atom stereocenters. The number of unbranched alkanes of at least 4 members (excludes halogenated alkanes) is 3. The lowest BCUT2D eigenvalue weighted by Gasteiger charge is -2.39. The Hall–Kier alpha value is -0.0500. The molecule has 0 atom stereocenters. The molecule has 0 N–H and O–H groups in total. The highest BCUT2D eigenvalue weighted by atomic mass is 79.9. The zero-order valence-corrected chi connectivity index (χ0v) is 12.6. The fourth-order valence-corrected chi connectivity index (χ4v) is 2.75. The van der Waals surface area contributed by atoms with E-state index in [1.54, 1.807) is 0 Å². The number of esters is 1. The lowest BCUT2D eigenvalue weighted by atomic mass is 9.66. The molecule has 3 heteroatoms. The van der Waals surface area contributed by atoms with Gasteiger partial charge in [-0.1, -0.05) is 48.5 Å². The fraction of sp³-hybridized carbons (Fsp3) is 0.929. The van der Waals surface area contributed by atoms with Gasteiger partial charge in [-0.05, 0) is 32.1 Å². The zero-order valence-electron chi connectivity index (χ0n) is 11.0. The van der Waals surface area contributed by atoms with Gasteiger partial charge in [0.05, 0.1) is 12.0 Å². The first-order chi connectivity index (χ1) is 8.25. The number of ether oxygens (including phenoxy) is 1. The van der Waals surface area contributed by atoms with Crippen LogP contribution in [0.1, 0.15) is 64.7 Å². The van der Waals surface area contributed by atoms with Crippen molar-refractivity contribution in [1.82, 2.24) is 0 Å². The summed E-state index contributed by atoms with van der Waals surface area (Å²) in [6, 6.07) is 0. The summed E-state index contributed by atoms with van der Waals surface area (Å²) in [5.41, 5.74) is -0.0972. The van der Waals surface area contributed by atoms with Crippen LogP contribution in [0, 0.1) is 5.41 Å². The molecule has 1 aliphatic carbocycles. The standard InChI is InChI=1S/C14H25BrO2/c1-2-3-12-17-13(16)14(9-7-10-14)8-5-4-6-11-15/h2-12H2,1H3. The van der Waals surface area contributed by atoms with Gasteiger partial charge >= 0.3 is 5.97 Å². The van der Waals surface area contributed by atoms with Gasteiger partial charge in [0.25, 0.3) is 0 Å². The minimum absolute atomic E-state index is 0.0797. The zero-order chi connectivity index (χ0) is 12.6. The Morgan fingerprint density at radius 2 is 2.00 bits per heavy atom. The molecule has 2 nitrogen and oxygen atoms in total. The highest BCUT2D eigenvalue weighted by Gasteiger charge is 2.44. The molecule has 0 amide bonds. The minimum Gasteiger partial charge on any atom is -0.465 e. The van der Waals surface area contributed by atoms with Crippen molar-refractivity contribution in [3.8, 4) is 0 Å². The Bertz CT molecular complexity index is 224. The predicted molar refractivity (Wildman–Crippen MR) is 74.4 cm³/mol. The summed E-state index contributed by atoms with van der Waals surface area (Å²) in [4.78, 5) is 12.1. The molecule has 0 aromatic rings. The van der Waals surface area contributed by atoms with Crippen LogP contribution in [0.3, 0.4) is 0 Å². The van der Waals surface area contributed by atoms with Gasteiger partial charge in [-0.25, -0.2) is 0 Å². The van der Waals surface area contributed by atoms with Crippen LogP contribution >= 0.6 is 15.9 Å². The van der Waals surface area contributed by atoms with E-state index in [0.29, 0.717) is 6.61 Å². The topological polar surface area (TPSA) is 26.3 Å². The molecule has 0 aromatic carbocycles. The van der Waals surface area contributed by atoms with Crippen molar-refractivity contribution in [3.63, 3.8) is 0 Å². The van der Waals surface area contributed by atoms with Gasteiger partial charge < -0.3 is 4.74 Å². The monoisotopic (exact) mass is 304 g/mol. The molecule has 17 heavy (non-hydrogen) atoms. The molecule has 0 spiro atoms. The number of rotatable bonds is 9. The maximum atomic E-state index is 12.1. The summed E-state index contributed by atoms with van der Waals surface area (Å²) in [7, 11) is 0. The molecule has 100 valence electrons. The number of halogens is 1. The van der Waals surface area contributed by atoms with Crippen LogP contribution in [-0.2, 0) is 9.53 Å². The Kier molecular flexibility index (Phi) is 7.17. The van der Waals surface area contributed by atoms with Crippen molar-refractivity contribution in [3.05, 3.63) is 0 Å². The maximum absolute atomic E-state index is 12.1. The van der Waals surface area contributed by atoms with Gasteiger partial charge in [-0.3, -0.25) is 4.79 Å². The maximum Gasteiger partial charge on any atom is 0.312 e. The van der Waals surface area contributed by atoms with E-state index in [0.717, 1.165) is 43.9 Å². The number of carbonyl (C=O) groups is 1. The highest BCUT2D eigenvalue weighted by Crippen LogP contribution is 2.46. The van der Waals surface area contributed by atoms with Gasteiger partial charge in [0.15, 0.2) is 0 Å². The van der Waals surface area contributed by atoms with Crippen LogP contribution in [-0.4, -0.2) is 17.9 Å². The Morgan fingerprint density at radius 1 is 1.24 bits per heavy atom. The van der Waals surface area contributed by atoms with E-state index in [9.17, 15) is 4.79 Å². The van der Waals surface area contributed by atoms with E-state index >= 15 is 0 Å². The second-order valence-electron chi connectivity index (χ2n) is 5.12. The third kappa shape index (κ3) is 4.61. The minimum atomic E-state index is -0.0972. The summed E-state index contributed by atoms with van der Waals surface area (Å²) in [6.07, 6.45) is 9.99. The van der Waals surface area contributed by atoms with Crippen LogP contribution in [0.2, 0.25) is 0 Å². The second-order valence-corrected chi connectivity index (χ2v) is 5.92. The summed E-state index contributed by atoms with van der Waals surface area (Å²) in [6.45, 7) is 2.73. The molecule has 0 aliphatic heterocycles. The normalized spacial score (nSPS) is 17.5. The van der Waals surface area contributed by atoms with Crippen LogP contribution in [0.25, 0.3) is 0 Å². The van der Waals surface area contributed by atoms with Gasteiger partial charge in [0, 0.05) is 5.33 Å². The third-order valence-corrected chi connectivity index (χ3v) is 4.32. The van der Waals surface area contributed by atoms with E-state index in [-0.39, 0.29) is 11.4 Å². The molecule has 0 radical (unpaired) electrons. The average molecular weight is 305 g/mol. The van der Waals surface area contributed by atoms with Crippen molar-refractivity contribution < 1.29 is 9.53 Å². The molecular weight excluding hydrogens is 280 g/mol. The Balaban J connectivity index is 2.26. The summed E-state index contributed by atoms with van der Waals surface area (Å²) in [5, 5.41) is 1.07. The van der Waals surface area contributed by atoms with Gasteiger partial charge in [0.2, 0.25) is 0 Å². The molecule has 1 rings (SSSR count). The second kappa shape index (κ2) is 8.12. The average Bonchev–Trinajstić information content (AvgIpc) is 2.27.